The van der Waals surface area contributed by atoms with E-state index in [1.807, 2.05) is 6.92 Å². The minimum atomic E-state index is -0.676. The van der Waals surface area contributed by atoms with Gasteiger partial charge in [0.25, 0.3) is 5.91 Å². The molecule has 21 heavy (non-hydrogen) atoms. The third kappa shape index (κ3) is 2.63. The smallest absolute Gasteiger partial charge is 0.253 e. The maximum atomic E-state index is 11.6. The van der Waals surface area contributed by atoms with Crippen molar-refractivity contribution in [2.75, 3.05) is 5.01 Å². The van der Waals surface area contributed by atoms with Crippen LogP contribution in [0.4, 0.5) is 5.82 Å². The molecule has 7 heteroatoms. The Balaban J connectivity index is 2.62. The number of hydrazine groups is 1. The Kier molecular flexibility index (Phi) is 4.04. The monoisotopic (exact) mass is 287 g/mol. The van der Waals surface area contributed by atoms with Gasteiger partial charge in [0.2, 0.25) is 6.41 Å². The highest BCUT2D eigenvalue weighted by atomic mass is 16.1. The predicted octanol–water partition coefficient (Wildman–Crippen LogP) is 1.27. The van der Waals surface area contributed by atoms with Gasteiger partial charge in [-0.1, -0.05) is 25.5 Å². The van der Waals surface area contributed by atoms with Crippen molar-refractivity contribution >= 4 is 34.7 Å². The second kappa shape index (κ2) is 5.76. The van der Waals surface area contributed by atoms with Crippen LogP contribution >= 0.6 is 0 Å². The van der Waals surface area contributed by atoms with Crippen LogP contribution in [0, 0.1) is 5.41 Å². The molecular weight excluding hydrogens is 270 g/mol. The number of aromatic nitrogens is 1. The highest BCUT2D eigenvalue weighted by Crippen LogP contribution is 2.28. The fraction of sp³-hybridized carbons (Fsp3) is 0.214. The van der Waals surface area contributed by atoms with Gasteiger partial charge in [-0.05, 0) is 18.1 Å². The molecule has 0 saturated carbocycles. The van der Waals surface area contributed by atoms with Gasteiger partial charge in [-0.25, -0.2) is 10.9 Å². The van der Waals surface area contributed by atoms with Crippen LogP contribution in [-0.4, -0.2) is 23.0 Å². The first kappa shape index (κ1) is 14.7. The number of H-pyrrole nitrogens is 1. The maximum Gasteiger partial charge on any atom is 0.253 e. The zero-order chi connectivity index (χ0) is 15.6. The van der Waals surface area contributed by atoms with E-state index in [4.69, 9.17) is 17.0 Å². The molecular formula is C14H17N5O2. The highest BCUT2D eigenvalue weighted by molar-refractivity contribution is 6.13. The Labute approximate surface area is 121 Å². The molecule has 0 aliphatic heterocycles. The third-order valence-electron chi connectivity index (χ3n) is 3.25. The second-order valence-electron chi connectivity index (χ2n) is 4.71. The molecule has 2 amide bonds. The van der Waals surface area contributed by atoms with Gasteiger partial charge in [-0.2, -0.15) is 0 Å². The minimum Gasteiger partial charge on any atom is -0.365 e. The molecule has 7 nitrogen and oxygen atoms in total. The second-order valence-corrected chi connectivity index (χ2v) is 4.71. The fourth-order valence-electron chi connectivity index (χ4n) is 2.26. The molecule has 0 bridgehead atoms. The summed E-state index contributed by atoms with van der Waals surface area (Å²) in [5.41, 5.74) is 7.39. The van der Waals surface area contributed by atoms with E-state index in [0.29, 0.717) is 29.4 Å². The summed E-state index contributed by atoms with van der Waals surface area (Å²) in [6.45, 7) is 2.00. The van der Waals surface area contributed by atoms with E-state index in [9.17, 15) is 9.59 Å². The van der Waals surface area contributed by atoms with Crippen molar-refractivity contribution in [3.05, 3.63) is 29.3 Å². The number of nitrogens with zero attached hydrogens (tertiary/aromatic N) is 1. The molecule has 2 aromatic rings. The van der Waals surface area contributed by atoms with E-state index >= 15 is 0 Å². The number of rotatable bonds is 6. The number of fused-ring (bicyclic) bond motifs is 1. The van der Waals surface area contributed by atoms with Gasteiger partial charge in [0, 0.05) is 16.6 Å². The normalized spacial score (nSPS) is 10.6. The Morgan fingerprint density at radius 1 is 1.48 bits per heavy atom. The zero-order valence-electron chi connectivity index (χ0n) is 11.6. The van der Waals surface area contributed by atoms with E-state index in [1.54, 1.807) is 18.2 Å². The summed E-state index contributed by atoms with van der Waals surface area (Å²) >= 11 is 0. The van der Waals surface area contributed by atoms with Gasteiger partial charge in [0.1, 0.15) is 5.82 Å². The number of nitrogens with one attached hydrogen (secondary N) is 2. The molecule has 2 rings (SSSR count). The standard InChI is InChI=1S/C14H17N5O2/c1-2-3-10(15)8-4-5-9-11(6-8)18-14(19(17)7-20)12(9)13(16)21/h4-7,15,18H,2-3,17H2,1H3,(H2,16,21). The van der Waals surface area contributed by atoms with Gasteiger partial charge in [-0.3, -0.25) is 9.59 Å². The summed E-state index contributed by atoms with van der Waals surface area (Å²) in [6, 6.07) is 5.21. The molecule has 0 aliphatic rings. The number of aromatic amines is 1. The van der Waals surface area contributed by atoms with Gasteiger partial charge < -0.3 is 16.1 Å². The molecule has 0 aliphatic carbocycles. The topological polar surface area (TPSA) is 129 Å². The zero-order valence-corrected chi connectivity index (χ0v) is 11.6. The molecule has 1 aromatic heterocycles. The van der Waals surface area contributed by atoms with Crippen molar-refractivity contribution in [1.29, 1.82) is 5.41 Å². The van der Waals surface area contributed by atoms with Crippen LogP contribution in [0.15, 0.2) is 18.2 Å². The lowest BCUT2D eigenvalue weighted by Crippen LogP contribution is -2.31. The summed E-state index contributed by atoms with van der Waals surface area (Å²) in [7, 11) is 0. The number of benzene rings is 1. The molecule has 110 valence electrons. The average molecular weight is 287 g/mol. The molecule has 0 atom stereocenters. The molecule has 0 radical (unpaired) electrons. The van der Waals surface area contributed by atoms with Crippen LogP contribution in [0.1, 0.15) is 35.7 Å². The molecule has 1 heterocycles. The number of carbonyl (C=O) groups excluding carboxylic acids is 2. The van der Waals surface area contributed by atoms with Gasteiger partial charge in [-0.15, -0.1) is 0 Å². The van der Waals surface area contributed by atoms with Gasteiger partial charge in [0.05, 0.1) is 5.56 Å². The summed E-state index contributed by atoms with van der Waals surface area (Å²) in [6.07, 6.45) is 1.93. The molecule has 0 saturated heterocycles. The number of carbonyl (C=O) groups is 2. The Hall–Kier alpha value is -2.67. The first-order valence-corrected chi connectivity index (χ1v) is 6.52. The maximum absolute atomic E-state index is 11.6. The average Bonchev–Trinajstić information content (AvgIpc) is 2.85. The van der Waals surface area contributed by atoms with Gasteiger partial charge in [0.15, 0.2) is 0 Å². The molecule has 0 unspecified atom stereocenters. The number of anilines is 1. The molecule has 6 N–H and O–H groups in total. The first-order chi connectivity index (χ1) is 9.99. The Morgan fingerprint density at radius 2 is 2.19 bits per heavy atom. The van der Waals surface area contributed by atoms with Crippen molar-refractivity contribution < 1.29 is 9.59 Å². The SMILES string of the molecule is CCCC(=N)c1ccc2c(C(N)=O)c(N(N)C=O)[nH]c2c1. The van der Waals surface area contributed by atoms with E-state index < -0.39 is 5.91 Å². The number of primary amides is 1. The number of hydrogen-bond acceptors (Lipinski definition) is 4. The van der Waals surface area contributed by atoms with Crippen molar-refractivity contribution in [2.45, 2.75) is 19.8 Å². The summed E-state index contributed by atoms with van der Waals surface area (Å²) in [4.78, 5) is 25.3. The Bertz CT molecular complexity index is 719. The third-order valence-corrected chi connectivity index (χ3v) is 3.25. The minimum absolute atomic E-state index is 0.145. The largest absolute Gasteiger partial charge is 0.365 e. The Morgan fingerprint density at radius 3 is 2.76 bits per heavy atom. The lowest BCUT2D eigenvalue weighted by molar-refractivity contribution is -0.107. The van der Waals surface area contributed by atoms with Crippen LogP contribution in [0.3, 0.4) is 0 Å². The van der Waals surface area contributed by atoms with E-state index in [0.717, 1.165) is 17.0 Å². The lowest BCUT2D eigenvalue weighted by atomic mass is 10.0. The molecule has 0 spiro atoms. The van der Waals surface area contributed by atoms with Crippen molar-refractivity contribution in [1.82, 2.24) is 4.98 Å². The molecule has 1 aromatic carbocycles. The van der Waals surface area contributed by atoms with Crippen molar-refractivity contribution in [3.8, 4) is 0 Å². The van der Waals surface area contributed by atoms with Crippen LogP contribution < -0.4 is 16.6 Å². The summed E-state index contributed by atoms with van der Waals surface area (Å²) < 4.78 is 0. The predicted molar refractivity (Wildman–Crippen MR) is 81.3 cm³/mol. The summed E-state index contributed by atoms with van der Waals surface area (Å²) in [5.74, 6) is 5.00. The number of amides is 2. The van der Waals surface area contributed by atoms with Crippen LogP contribution in [0.2, 0.25) is 0 Å². The molecule has 0 fully saturated rings. The lowest BCUT2D eigenvalue weighted by Gasteiger charge is -2.08. The summed E-state index contributed by atoms with van der Waals surface area (Å²) in [5, 5.41) is 9.32. The quantitative estimate of drug-likeness (QED) is 0.210. The number of hydrogen-bond donors (Lipinski definition) is 4. The van der Waals surface area contributed by atoms with Crippen molar-refractivity contribution in [3.63, 3.8) is 0 Å². The first-order valence-electron chi connectivity index (χ1n) is 6.52. The van der Waals surface area contributed by atoms with E-state index in [-0.39, 0.29) is 11.4 Å². The van der Waals surface area contributed by atoms with Crippen LogP contribution in [-0.2, 0) is 4.79 Å². The van der Waals surface area contributed by atoms with Crippen molar-refractivity contribution in [2.24, 2.45) is 11.6 Å². The fourth-order valence-corrected chi connectivity index (χ4v) is 2.26. The van der Waals surface area contributed by atoms with Crippen LogP contribution in [0.25, 0.3) is 10.9 Å². The highest BCUT2D eigenvalue weighted by Gasteiger charge is 2.19. The van der Waals surface area contributed by atoms with E-state index in [1.165, 1.54) is 0 Å². The van der Waals surface area contributed by atoms with Crippen LogP contribution in [0.5, 0.6) is 0 Å². The van der Waals surface area contributed by atoms with Gasteiger partial charge >= 0.3 is 0 Å². The number of nitrogens with two attached hydrogens (primary N) is 2. The van der Waals surface area contributed by atoms with E-state index in [2.05, 4.69) is 4.98 Å².